The first-order valence-electron chi connectivity index (χ1n) is 6.36. The fraction of sp³-hybridized carbons (Fsp3) is 0.500. The summed E-state index contributed by atoms with van der Waals surface area (Å²) in [5.74, 6) is -0.773. The molecule has 0 radical (unpaired) electrons. The summed E-state index contributed by atoms with van der Waals surface area (Å²) in [5, 5.41) is 9.73. The second-order valence-electron chi connectivity index (χ2n) is 5.45. The van der Waals surface area contributed by atoms with Crippen molar-refractivity contribution in [1.29, 1.82) is 0 Å². The van der Waals surface area contributed by atoms with E-state index in [4.69, 9.17) is 5.73 Å². The topological polar surface area (TPSA) is 66.6 Å². The number of nitrogens with two attached hydrogens (primary N) is 1. The van der Waals surface area contributed by atoms with Crippen LogP contribution < -0.4 is 10.6 Å². The molecule has 1 aliphatic heterocycles. The molecule has 1 heterocycles. The molecule has 1 fully saturated rings. The van der Waals surface area contributed by atoms with E-state index in [0.717, 1.165) is 0 Å². The Labute approximate surface area is 112 Å². The Morgan fingerprint density at radius 3 is 2.79 bits per heavy atom. The van der Waals surface area contributed by atoms with Crippen molar-refractivity contribution in [2.45, 2.75) is 26.4 Å². The maximum absolute atomic E-state index is 13.8. The van der Waals surface area contributed by atoms with Crippen LogP contribution >= 0.6 is 0 Å². The number of amides is 1. The fourth-order valence-corrected chi connectivity index (χ4v) is 2.58. The number of carbonyl (C=O) groups is 1. The maximum Gasteiger partial charge on any atom is 0.225 e. The van der Waals surface area contributed by atoms with Gasteiger partial charge in [0.2, 0.25) is 5.91 Å². The largest absolute Gasteiger partial charge is 0.389 e. The van der Waals surface area contributed by atoms with Crippen LogP contribution in [0.1, 0.15) is 31.9 Å². The van der Waals surface area contributed by atoms with Crippen LogP contribution in [0, 0.1) is 11.2 Å². The number of hydrogen-bond donors (Lipinski definition) is 2. The summed E-state index contributed by atoms with van der Waals surface area (Å²) < 4.78 is 13.8. The Kier molecular flexibility index (Phi) is 3.49. The van der Waals surface area contributed by atoms with Gasteiger partial charge in [-0.2, -0.15) is 0 Å². The first-order valence-corrected chi connectivity index (χ1v) is 6.36. The van der Waals surface area contributed by atoms with E-state index in [1.807, 2.05) is 11.8 Å². The number of carbonyl (C=O) groups excluding carboxylic acids is 1. The lowest BCUT2D eigenvalue weighted by Crippen LogP contribution is -2.37. The standard InChI is InChI=1S/C14H19FN2O2/c1-9(18)12-10(15)4-3-5-11(12)17-7-6-14(2,8-17)13(16)19/h3-5,9,18H,6-8H2,1-2H3,(H2,16,19). The SMILES string of the molecule is CC(O)c1c(F)cccc1N1CCC(C)(C(N)=O)C1. The van der Waals surface area contributed by atoms with Gasteiger partial charge in [-0.05, 0) is 32.4 Å². The highest BCUT2D eigenvalue weighted by atomic mass is 19.1. The summed E-state index contributed by atoms with van der Waals surface area (Å²) in [4.78, 5) is 13.4. The van der Waals surface area contributed by atoms with Gasteiger partial charge in [0, 0.05) is 24.3 Å². The quantitative estimate of drug-likeness (QED) is 0.873. The molecule has 2 unspecified atom stereocenters. The van der Waals surface area contributed by atoms with Crippen molar-refractivity contribution in [3.8, 4) is 0 Å². The van der Waals surface area contributed by atoms with Crippen molar-refractivity contribution < 1.29 is 14.3 Å². The summed E-state index contributed by atoms with van der Waals surface area (Å²) in [5.41, 5.74) is 5.73. The minimum Gasteiger partial charge on any atom is -0.389 e. The molecule has 2 atom stereocenters. The molecular weight excluding hydrogens is 247 g/mol. The van der Waals surface area contributed by atoms with Crippen LogP contribution in [-0.2, 0) is 4.79 Å². The molecule has 19 heavy (non-hydrogen) atoms. The molecular formula is C14H19FN2O2. The van der Waals surface area contributed by atoms with Gasteiger partial charge in [0.05, 0.1) is 11.5 Å². The molecule has 0 aromatic heterocycles. The van der Waals surface area contributed by atoms with Gasteiger partial charge in [0.1, 0.15) is 5.82 Å². The predicted octanol–water partition coefficient (Wildman–Crippen LogP) is 1.58. The van der Waals surface area contributed by atoms with Gasteiger partial charge in [-0.1, -0.05) is 6.07 Å². The van der Waals surface area contributed by atoms with Gasteiger partial charge in [0.15, 0.2) is 0 Å². The third-order valence-corrected chi connectivity index (χ3v) is 3.86. The zero-order valence-corrected chi connectivity index (χ0v) is 11.2. The number of anilines is 1. The molecule has 1 aliphatic rings. The van der Waals surface area contributed by atoms with Crippen molar-refractivity contribution >= 4 is 11.6 Å². The van der Waals surface area contributed by atoms with Crippen LogP contribution in [-0.4, -0.2) is 24.1 Å². The van der Waals surface area contributed by atoms with Gasteiger partial charge >= 0.3 is 0 Å². The van der Waals surface area contributed by atoms with Crippen molar-refractivity contribution in [1.82, 2.24) is 0 Å². The van der Waals surface area contributed by atoms with Crippen molar-refractivity contribution in [3.05, 3.63) is 29.6 Å². The van der Waals surface area contributed by atoms with E-state index in [0.29, 0.717) is 25.2 Å². The van der Waals surface area contributed by atoms with E-state index < -0.39 is 17.3 Å². The molecule has 4 nitrogen and oxygen atoms in total. The molecule has 104 valence electrons. The average Bonchev–Trinajstić information content (AvgIpc) is 2.72. The number of aliphatic hydroxyl groups is 1. The molecule has 0 saturated carbocycles. The molecule has 1 amide bonds. The fourth-order valence-electron chi connectivity index (χ4n) is 2.58. The van der Waals surface area contributed by atoms with Crippen LogP contribution in [0.25, 0.3) is 0 Å². The first-order chi connectivity index (χ1) is 8.85. The molecule has 1 saturated heterocycles. The molecule has 1 aromatic rings. The molecule has 0 spiro atoms. The summed E-state index contributed by atoms with van der Waals surface area (Å²) in [6.07, 6.45) is -0.255. The lowest BCUT2D eigenvalue weighted by Gasteiger charge is -2.25. The van der Waals surface area contributed by atoms with Gasteiger partial charge in [0.25, 0.3) is 0 Å². The van der Waals surface area contributed by atoms with Crippen LogP contribution in [0.4, 0.5) is 10.1 Å². The predicted molar refractivity (Wildman–Crippen MR) is 71.2 cm³/mol. The zero-order chi connectivity index (χ0) is 14.2. The zero-order valence-electron chi connectivity index (χ0n) is 11.2. The highest BCUT2D eigenvalue weighted by Crippen LogP contribution is 2.36. The van der Waals surface area contributed by atoms with Gasteiger partial charge < -0.3 is 15.7 Å². The van der Waals surface area contributed by atoms with Gasteiger partial charge in [-0.3, -0.25) is 4.79 Å². The van der Waals surface area contributed by atoms with E-state index in [-0.39, 0.29) is 11.5 Å². The third-order valence-electron chi connectivity index (χ3n) is 3.86. The summed E-state index contributed by atoms with van der Waals surface area (Å²) >= 11 is 0. The number of rotatable bonds is 3. The number of halogens is 1. The average molecular weight is 266 g/mol. The Bertz CT molecular complexity index is 504. The Morgan fingerprint density at radius 2 is 2.26 bits per heavy atom. The Balaban J connectivity index is 2.35. The van der Waals surface area contributed by atoms with E-state index in [2.05, 4.69) is 0 Å². The molecule has 2 rings (SSSR count). The van der Waals surface area contributed by atoms with Crippen molar-refractivity contribution in [3.63, 3.8) is 0 Å². The van der Waals surface area contributed by atoms with E-state index >= 15 is 0 Å². The second-order valence-corrected chi connectivity index (χ2v) is 5.45. The number of hydrogen-bond acceptors (Lipinski definition) is 3. The van der Waals surface area contributed by atoms with Crippen LogP contribution in [0.3, 0.4) is 0 Å². The minimum absolute atomic E-state index is 0.274. The Morgan fingerprint density at radius 1 is 1.58 bits per heavy atom. The van der Waals surface area contributed by atoms with Crippen LogP contribution in [0.5, 0.6) is 0 Å². The van der Waals surface area contributed by atoms with Gasteiger partial charge in [-0.25, -0.2) is 4.39 Å². The number of primary amides is 1. The van der Waals surface area contributed by atoms with Crippen LogP contribution in [0.15, 0.2) is 18.2 Å². The van der Waals surface area contributed by atoms with Crippen molar-refractivity contribution in [2.75, 3.05) is 18.0 Å². The molecule has 0 bridgehead atoms. The summed E-state index contributed by atoms with van der Waals surface area (Å²) in [6.45, 7) is 4.43. The molecule has 0 aliphatic carbocycles. The third kappa shape index (κ3) is 2.42. The van der Waals surface area contributed by atoms with E-state index in [9.17, 15) is 14.3 Å². The van der Waals surface area contributed by atoms with E-state index in [1.54, 1.807) is 12.1 Å². The van der Waals surface area contributed by atoms with E-state index in [1.165, 1.54) is 13.0 Å². The normalized spacial score (nSPS) is 24.5. The number of benzene rings is 1. The van der Waals surface area contributed by atoms with Gasteiger partial charge in [-0.15, -0.1) is 0 Å². The maximum atomic E-state index is 13.8. The molecule has 3 N–H and O–H groups in total. The Hall–Kier alpha value is -1.62. The van der Waals surface area contributed by atoms with Crippen LogP contribution in [0.2, 0.25) is 0 Å². The first kappa shape index (κ1) is 13.8. The lowest BCUT2D eigenvalue weighted by atomic mass is 9.89. The minimum atomic E-state index is -0.892. The monoisotopic (exact) mass is 266 g/mol. The second kappa shape index (κ2) is 4.81. The molecule has 5 heteroatoms. The number of nitrogens with zero attached hydrogens (tertiary/aromatic N) is 1. The summed E-state index contributed by atoms with van der Waals surface area (Å²) in [7, 11) is 0. The highest BCUT2D eigenvalue weighted by molar-refractivity contribution is 5.82. The van der Waals surface area contributed by atoms with Crippen molar-refractivity contribution in [2.24, 2.45) is 11.1 Å². The summed E-state index contributed by atoms with van der Waals surface area (Å²) in [6, 6.07) is 4.70. The number of aliphatic hydroxyl groups excluding tert-OH is 1. The lowest BCUT2D eigenvalue weighted by molar-refractivity contribution is -0.125. The molecule has 1 aromatic carbocycles. The highest BCUT2D eigenvalue weighted by Gasteiger charge is 2.39. The smallest absolute Gasteiger partial charge is 0.225 e.